The van der Waals surface area contributed by atoms with Crippen LogP contribution in [0.2, 0.25) is 0 Å². The molecule has 0 aliphatic rings. The molecule has 208 valence electrons. The molecule has 3 amide bonds. The fraction of sp³-hybridized carbons (Fsp3) is 0.500. The lowest BCUT2D eigenvalue weighted by Crippen LogP contribution is -2.59. The van der Waals surface area contributed by atoms with Crippen LogP contribution in [0.25, 0.3) is 10.9 Å². The maximum atomic E-state index is 13.3. The van der Waals surface area contributed by atoms with Gasteiger partial charge in [-0.15, -0.1) is 0 Å². The van der Waals surface area contributed by atoms with Crippen molar-refractivity contribution in [3.05, 3.63) is 36.0 Å². The maximum absolute atomic E-state index is 13.3. The standard InChI is InChI=1S/C26H37N5O7/c1-5-14(4)22(26(37)38)31-24(35)19(10-15-12-28-18-9-7-6-8-16(15)18)29-25(36)21(13(2)3)30-23(34)17(27)11-20(32)33/h6-9,12-14,17,19,21-22,28H,5,10-11,27H2,1-4H3,(H,29,36)(H,30,34)(H,31,35)(H,32,33)(H,37,38). The summed E-state index contributed by atoms with van der Waals surface area (Å²) in [5.74, 6) is -5.44. The molecular formula is C26H37N5O7. The number of para-hydroxylation sites is 1. The zero-order valence-electron chi connectivity index (χ0n) is 22.0. The molecule has 12 nitrogen and oxygen atoms in total. The molecule has 5 unspecified atom stereocenters. The van der Waals surface area contributed by atoms with Crippen molar-refractivity contribution >= 4 is 40.6 Å². The molecule has 2 aromatic rings. The molecule has 1 aromatic heterocycles. The summed E-state index contributed by atoms with van der Waals surface area (Å²) in [4.78, 5) is 64.9. The largest absolute Gasteiger partial charge is 0.481 e. The fourth-order valence-corrected chi connectivity index (χ4v) is 4.00. The lowest BCUT2D eigenvalue weighted by Gasteiger charge is -2.27. The Labute approximate surface area is 220 Å². The monoisotopic (exact) mass is 531 g/mol. The number of amides is 3. The summed E-state index contributed by atoms with van der Waals surface area (Å²) in [5, 5.41) is 27.1. The number of carbonyl (C=O) groups is 5. The third kappa shape index (κ3) is 8.04. The summed E-state index contributed by atoms with van der Waals surface area (Å²) in [6.45, 7) is 6.86. The molecule has 0 saturated carbocycles. The number of carboxylic acid groups (broad SMARTS) is 2. The minimum Gasteiger partial charge on any atom is -0.481 e. The summed E-state index contributed by atoms with van der Waals surface area (Å²) in [5.41, 5.74) is 7.19. The van der Waals surface area contributed by atoms with Crippen LogP contribution < -0.4 is 21.7 Å². The molecule has 1 heterocycles. The number of nitrogens with one attached hydrogen (secondary N) is 4. The molecule has 38 heavy (non-hydrogen) atoms. The normalized spacial score (nSPS) is 15.2. The molecule has 0 radical (unpaired) electrons. The molecule has 0 saturated heterocycles. The van der Waals surface area contributed by atoms with Crippen molar-refractivity contribution in [2.75, 3.05) is 0 Å². The van der Waals surface area contributed by atoms with Crippen molar-refractivity contribution in [2.24, 2.45) is 17.6 Å². The van der Waals surface area contributed by atoms with Crippen molar-refractivity contribution in [2.45, 2.75) is 71.1 Å². The van der Waals surface area contributed by atoms with Crippen molar-refractivity contribution in [1.82, 2.24) is 20.9 Å². The third-order valence-corrected chi connectivity index (χ3v) is 6.49. The van der Waals surface area contributed by atoms with Crippen LogP contribution in [0.5, 0.6) is 0 Å². The van der Waals surface area contributed by atoms with E-state index in [1.165, 1.54) is 0 Å². The predicted octanol–water partition coefficient (Wildman–Crippen LogP) is 0.754. The molecular weight excluding hydrogens is 494 g/mol. The second-order valence-electron chi connectivity index (χ2n) is 9.77. The number of H-pyrrole nitrogens is 1. The van der Waals surface area contributed by atoms with Gasteiger partial charge < -0.3 is 36.9 Å². The second kappa shape index (κ2) is 13.6. The van der Waals surface area contributed by atoms with E-state index < -0.39 is 66.2 Å². The summed E-state index contributed by atoms with van der Waals surface area (Å²) in [6, 6.07) is 2.59. The Balaban J connectivity index is 2.32. The number of aromatic amines is 1. The van der Waals surface area contributed by atoms with Crippen molar-refractivity contribution < 1.29 is 34.2 Å². The summed E-state index contributed by atoms with van der Waals surface area (Å²) in [7, 11) is 0. The topological polar surface area (TPSA) is 204 Å². The molecule has 0 aliphatic heterocycles. The van der Waals surface area contributed by atoms with Gasteiger partial charge in [0.05, 0.1) is 12.5 Å². The van der Waals surface area contributed by atoms with E-state index in [1.807, 2.05) is 31.2 Å². The molecule has 5 atom stereocenters. The molecule has 2 rings (SSSR count). The van der Waals surface area contributed by atoms with E-state index in [1.54, 1.807) is 27.0 Å². The van der Waals surface area contributed by atoms with Crippen LogP contribution in [0, 0.1) is 11.8 Å². The lowest BCUT2D eigenvalue weighted by atomic mass is 9.97. The Kier molecular flexibility index (Phi) is 10.8. The molecule has 0 bridgehead atoms. The van der Waals surface area contributed by atoms with E-state index in [4.69, 9.17) is 10.8 Å². The average molecular weight is 532 g/mol. The Morgan fingerprint density at radius 2 is 1.55 bits per heavy atom. The first kappa shape index (κ1) is 30.3. The Morgan fingerprint density at radius 3 is 2.13 bits per heavy atom. The number of aliphatic carboxylic acids is 2. The van der Waals surface area contributed by atoms with E-state index in [0.29, 0.717) is 6.42 Å². The van der Waals surface area contributed by atoms with Crippen LogP contribution in [-0.2, 0) is 30.4 Å². The van der Waals surface area contributed by atoms with Crippen LogP contribution in [0.1, 0.15) is 46.1 Å². The first-order valence-corrected chi connectivity index (χ1v) is 12.5. The van der Waals surface area contributed by atoms with Crippen LogP contribution in [-0.4, -0.2) is 69.0 Å². The van der Waals surface area contributed by atoms with E-state index in [0.717, 1.165) is 16.5 Å². The van der Waals surface area contributed by atoms with Gasteiger partial charge in [-0.05, 0) is 23.5 Å². The lowest BCUT2D eigenvalue weighted by molar-refractivity contribution is -0.143. The quantitative estimate of drug-likeness (QED) is 0.185. The van der Waals surface area contributed by atoms with Gasteiger partial charge in [-0.2, -0.15) is 0 Å². The van der Waals surface area contributed by atoms with Gasteiger partial charge >= 0.3 is 11.9 Å². The van der Waals surface area contributed by atoms with Gasteiger partial charge in [-0.1, -0.05) is 52.3 Å². The molecule has 0 fully saturated rings. The van der Waals surface area contributed by atoms with Gasteiger partial charge in [0.15, 0.2) is 0 Å². The number of hydrogen-bond acceptors (Lipinski definition) is 6. The van der Waals surface area contributed by atoms with E-state index in [-0.39, 0.29) is 12.3 Å². The Morgan fingerprint density at radius 1 is 0.921 bits per heavy atom. The first-order valence-electron chi connectivity index (χ1n) is 12.5. The summed E-state index contributed by atoms with van der Waals surface area (Å²) >= 11 is 0. The smallest absolute Gasteiger partial charge is 0.326 e. The minimum absolute atomic E-state index is 0.0473. The van der Waals surface area contributed by atoms with Gasteiger partial charge in [-0.25, -0.2) is 4.79 Å². The van der Waals surface area contributed by atoms with Crippen molar-refractivity contribution in [3.8, 4) is 0 Å². The number of nitrogens with two attached hydrogens (primary N) is 1. The highest BCUT2D eigenvalue weighted by atomic mass is 16.4. The highest BCUT2D eigenvalue weighted by Gasteiger charge is 2.33. The third-order valence-electron chi connectivity index (χ3n) is 6.49. The van der Waals surface area contributed by atoms with Gasteiger partial charge in [0.2, 0.25) is 17.7 Å². The zero-order valence-corrected chi connectivity index (χ0v) is 22.0. The molecule has 8 N–H and O–H groups in total. The SMILES string of the molecule is CCC(C)C(NC(=O)C(Cc1c[nH]c2ccccc12)NC(=O)C(NC(=O)C(N)CC(=O)O)C(C)C)C(=O)O. The van der Waals surface area contributed by atoms with Crippen LogP contribution >= 0.6 is 0 Å². The zero-order chi connectivity index (χ0) is 28.6. The van der Waals surface area contributed by atoms with E-state index >= 15 is 0 Å². The highest BCUT2D eigenvalue weighted by Crippen LogP contribution is 2.20. The van der Waals surface area contributed by atoms with Gasteiger partial charge in [0.25, 0.3) is 0 Å². The van der Waals surface area contributed by atoms with Crippen LogP contribution in [0.15, 0.2) is 30.5 Å². The maximum Gasteiger partial charge on any atom is 0.326 e. The number of aromatic nitrogens is 1. The summed E-state index contributed by atoms with van der Waals surface area (Å²) < 4.78 is 0. The van der Waals surface area contributed by atoms with Crippen LogP contribution in [0.3, 0.4) is 0 Å². The number of carbonyl (C=O) groups excluding carboxylic acids is 3. The number of carboxylic acids is 2. The number of benzene rings is 1. The van der Waals surface area contributed by atoms with Gasteiger partial charge in [0, 0.05) is 23.5 Å². The van der Waals surface area contributed by atoms with E-state index in [9.17, 15) is 29.1 Å². The first-order chi connectivity index (χ1) is 17.8. The van der Waals surface area contributed by atoms with Crippen LogP contribution in [0.4, 0.5) is 0 Å². The minimum atomic E-state index is -1.36. The van der Waals surface area contributed by atoms with E-state index in [2.05, 4.69) is 20.9 Å². The fourth-order valence-electron chi connectivity index (χ4n) is 4.00. The number of fused-ring (bicyclic) bond motifs is 1. The predicted molar refractivity (Wildman–Crippen MR) is 140 cm³/mol. The number of hydrogen-bond donors (Lipinski definition) is 7. The van der Waals surface area contributed by atoms with Gasteiger partial charge in [-0.3, -0.25) is 19.2 Å². The molecule has 0 aliphatic carbocycles. The molecule has 12 heteroatoms. The van der Waals surface area contributed by atoms with Crippen molar-refractivity contribution in [3.63, 3.8) is 0 Å². The summed E-state index contributed by atoms with van der Waals surface area (Å²) in [6.07, 6.45) is 1.66. The molecule has 0 spiro atoms. The number of rotatable bonds is 14. The Bertz CT molecular complexity index is 1160. The average Bonchev–Trinajstić information content (AvgIpc) is 3.26. The Hall–Kier alpha value is -3.93. The van der Waals surface area contributed by atoms with Crippen molar-refractivity contribution in [1.29, 1.82) is 0 Å². The second-order valence-corrected chi connectivity index (χ2v) is 9.77. The van der Waals surface area contributed by atoms with Gasteiger partial charge in [0.1, 0.15) is 18.1 Å². The molecule has 1 aromatic carbocycles. The highest BCUT2D eigenvalue weighted by molar-refractivity contribution is 5.95.